The predicted octanol–water partition coefficient (Wildman–Crippen LogP) is 5.46. The van der Waals surface area contributed by atoms with Crippen molar-refractivity contribution in [2.24, 2.45) is 11.3 Å². The Morgan fingerprint density at radius 1 is 1.06 bits per heavy atom. The second-order valence-corrected chi connectivity index (χ2v) is 6.03. The third-order valence-corrected chi connectivity index (χ3v) is 4.57. The normalized spacial score (nSPS) is 27.5. The van der Waals surface area contributed by atoms with Gasteiger partial charge in [-0.3, -0.25) is 0 Å². The summed E-state index contributed by atoms with van der Waals surface area (Å²) in [7, 11) is 0. The maximum atomic E-state index is 9.09. The number of hydrogen-bond acceptors (Lipinski definition) is 1. The first-order valence-corrected chi connectivity index (χ1v) is 7.64. The van der Waals surface area contributed by atoms with Crippen LogP contribution in [0.2, 0.25) is 0 Å². The lowest BCUT2D eigenvalue weighted by atomic mass is 9.60. The molecule has 0 heterocycles. The van der Waals surface area contributed by atoms with Crippen LogP contribution in [-0.2, 0) is 0 Å². The summed E-state index contributed by atoms with van der Waals surface area (Å²) in [6.07, 6.45) is 14.8. The molecule has 1 aliphatic rings. The van der Waals surface area contributed by atoms with Crippen molar-refractivity contribution in [3.05, 3.63) is 0 Å². The molecule has 0 bridgehead atoms. The lowest BCUT2D eigenvalue weighted by Crippen LogP contribution is -2.35. The first-order chi connectivity index (χ1) is 8.23. The molecule has 0 aromatic heterocycles. The van der Waals surface area contributed by atoms with Crippen LogP contribution in [0.15, 0.2) is 0 Å². The lowest BCUT2D eigenvalue weighted by molar-refractivity contribution is 0.103. The Kier molecular flexibility index (Phi) is 6.63. The predicted molar refractivity (Wildman–Crippen MR) is 73.7 cm³/mol. The van der Waals surface area contributed by atoms with Crippen LogP contribution in [0.1, 0.15) is 84.5 Å². The van der Waals surface area contributed by atoms with Gasteiger partial charge in [-0.2, -0.15) is 5.26 Å². The van der Waals surface area contributed by atoms with E-state index in [9.17, 15) is 0 Å². The van der Waals surface area contributed by atoms with Gasteiger partial charge < -0.3 is 0 Å². The zero-order chi connectivity index (χ0) is 12.6. The summed E-state index contributed by atoms with van der Waals surface area (Å²) >= 11 is 0. The molecule has 0 aromatic carbocycles. The third kappa shape index (κ3) is 4.70. The Labute approximate surface area is 108 Å². The van der Waals surface area contributed by atoms with Crippen molar-refractivity contribution in [2.45, 2.75) is 84.5 Å². The summed E-state index contributed by atoms with van der Waals surface area (Å²) in [4.78, 5) is 0. The number of unbranched alkanes of at least 4 members (excludes halogenated alkanes) is 7. The summed E-state index contributed by atoms with van der Waals surface area (Å²) in [6, 6.07) is 2.50. The quantitative estimate of drug-likeness (QED) is 0.487. The van der Waals surface area contributed by atoms with Gasteiger partial charge in [0.1, 0.15) is 0 Å². The van der Waals surface area contributed by atoms with Crippen LogP contribution >= 0.6 is 0 Å². The minimum absolute atomic E-state index is 0.0289. The van der Waals surface area contributed by atoms with Crippen LogP contribution in [-0.4, -0.2) is 0 Å². The Hall–Kier alpha value is -0.510. The maximum Gasteiger partial charge on any atom is 0.0689 e. The smallest absolute Gasteiger partial charge is 0.0689 e. The average Bonchev–Trinajstić information content (AvgIpc) is 2.34. The van der Waals surface area contributed by atoms with Gasteiger partial charge in [0.15, 0.2) is 0 Å². The average molecular weight is 235 g/mol. The van der Waals surface area contributed by atoms with Gasteiger partial charge in [-0.1, -0.05) is 58.3 Å². The van der Waals surface area contributed by atoms with Gasteiger partial charge in [0.2, 0.25) is 0 Å². The minimum atomic E-state index is 0.0289. The molecule has 1 rings (SSSR count). The summed E-state index contributed by atoms with van der Waals surface area (Å²) in [5.41, 5.74) is 0.0289. The molecule has 1 heteroatoms. The van der Waals surface area contributed by atoms with Crippen molar-refractivity contribution < 1.29 is 0 Å². The van der Waals surface area contributed by atoms with Gasteiger partial charge in [0.05, 0.1) is 11.5 Å². The van der Waals surface area contributed by atoms with Crippen molar-refractivity contribution in [2.75, 3.05) is 0 Å². The van der Waals surface area contributed by atoms with E-state index in [0.717, 1.165) is 6.42 Å². The zero-order valence-electron chi connectivity index (χ0n) is 11.8. The summed E-state index contributed by atoms with van der Waals surface area (Å²) in [5, 5.41) is 9.09. The van der Waals surface area contributed by atoms with Gasteiger partial charge >= 0.3 is 0 Å². The molecule has 0 spiro atoms. The van der Waals surface area contributed by atoms with E-state index in [4.69, 9.17) is 5.26 Å². The fourth-order valence-corrected chi connectivity index (χ4v) is 2.92. The number of hydrogen-bond donors (Lipinski definition) is 0. The SMILES string of the molecule is CCCCCCCCCCC1CCC1(C)C#N. The third-order valence-electron chi connectivity index (χ3n) is 4.57. The van der Waals surface area contributed by atoms with Crippen LogP contribution in [0.4, 0.5) is 0 Å². The van der Waals surface area contributed by atoms with Gasteiger partial charge in [-0.15, -0.1) is 0 Å². The molecule has 0 N–H and O–H groups in total. The maximum absolute atomic E-state index is 9.09. The molecular formula is C16H29N. The van der Waals surface area contributed by atoms with E-state index >= 15 is 0 Å². The van der Waals surface area contributed by atoms with Crippen LogP contribution < -0.4 is 0 Å². The van der Waals surface area contributed by atoms with E-state index in [1.807, 2.05) is 0 Å². The van der Waals surface area contributed by atoms with Gasteiger partial charge in [-0.05, 0) is 32.1 Å². The highest BCUT2D eigenvalue weighted by atomic mass is 14.5. The Bertz CT molecular complexity index is 240. The molecule has 2 unspecified atom stereocenters. The van der Waals surface area contributed by atoms with Crippen molar-refractivity contribution in [3.63, 3.8) is 0 Å². The molecule has 0 aromatic rings. The topological polar surface area (TPSA) is 23.8 Å². The molecule has 1 nitrogen and oxygen atoms in total. The van der Waals surface area contributed by atoms with E-state index in [1.54, 1.807) is 0 Å². The largest absolute Gasteiger partial charge is 0.198 e. The van der Waals surface area contributed by atoms with E-state index < -0.39 is 0 Å². The summed E-state index contributed by atoms with van der Waals surface area (Å²) < 4.78 is 0. The van der Waals surface area contributed by atoms with Crippen LogP contribution in [0.5, 0.6) is 0 Å². The molecule has 0 saturated heterocycles. The van der Waals surface area contributed by atoms with Crippen LogP contribution in [0.3, 0.4) is 0 Å². The Morgan fingerprint density at radius 2 is 1.65 bits per heavy atom. The second kappa shape index (κ2) is 7.75. The Morgan fingerprint density at radius 3 is 2.12 bits per heavy atom. The summed E-state index contributed by atoms with van der Waals surface area (Å²) in [5.74, 6) is 0.701. The summed E-state index contributed by atoms with van der Waals surface area (Å²) in [6.45, 7) is 4.41. The molecule has 17 heavy (non-hydrogen) atoms. The number of nitriles is 1. The molecule has 1 saturated carbocycles. The molecule has 0 amide bonds. The molecule has 2 atom stereocenters. The molecule has 1 fully saturated rings. The van der Waals surface area contributed by atoms with Crippen molar-refractivity contribution in [3.8, 4) is 6.07 Å². The van der Waals surface area contributed by atoms with E-state index in [1.165, 1.54) is 64.2 Å². The standard InChI is InChI=1S/C16H29N/c1-3-4-5-6-7-8-9-10-11-15-12-13-16(15,2)14-17/h15H,3-13H2,1-2H3. The fourth-order valence-electron chi connectivity index (χ4n) is 2.92. The first-order valence-electron chi connectivity index (χ1n) is 7.64. The zero-order valence-corrected chi connectivity index (χ0v) is 11.8. The van der Waals surface area contributed by atoms with E-state index in [0.29, 0.717) is 5.92 Å². The molecule has 98 valence electrons. The van der Waals surface area contributed by atoms with Crippen LogP contribution in [0, 0.1) is 22.7 Å². The van der Waals surface area contributed by atoms with Crippen LogP contribution in [0.25, 0.3) is 0 Å². The fraction of sp³-hybridized carbons (Fsp3) is 0.938. The Balaban J connectivity index is 1.90. The van der Waals surface area contributed by atoms with Gasteiger partial charge in [-0.25, -0.2) is 0 Å². The van der Waals surface area contributed by atoms with E-state index in [-0.39, 0.29) is 5.41 Å². The molecular weight excluding hydrogens is 206 g/mol. The molecule has 1 aliphatic carbocycles. The number of rotatable bonds is 9. The van der Waals surface area contributed by atoms with Gasteiger partial charge in [0.25, 0.3) is 0 Å². The lowest BCUT2D eigenvalue weighted by Gasteiger charge is -2.41. The minimum Gasteiger partial charge on any atom is -0.198 e. The van der Waals surface area contributed by atoms with Crippen molar-refractivity contribution in [1.82, 2.24) is 0 Å². The highest BCUT2D eigenvalue weighted by Crippen LogP contribution is 2.48. The van der Waals surface area contributed by atoms with Gasteiger partial charge in [0, 0.05) is 0 Å². The highest BCUT2D eigenvalue weighted by molar-refractivity contribution is 5.06. The second-order valence-electron chi connectivity index (χ2n) is 6.03. The van der Waals surface area contributed by atoms with Crippen molar-refractivity contribution >= 4 is 0 Å². The highest BCUT2D eigenvalue weighted by Gasteiger charge is 2.42. The first kappa shape index (κ1) is 14.6. The van der Waals surface area contributed by atoms with Crippen molar-refractivity contribution in [1.29, 1.82) is 5.26 Å². The molecule has 0 radical (unpaired) electrons. The van der Waals surface area contributed by atoms with E-state index in [2.05, 4.69) is 19.9 Å². The number of nitrogens with zero attached hydrogens (tertiary/aromatic N) is 1. The molecule has 0 aliphatic heterocycles. The monoisotopic (exact) mass is 235 g/mol.